The van der Waals surface area contributed by atoms with Gasteiger partial charge in [0.25, 0.3) is 5.91 Å². The fraction of sp³-hybridized carbons (Fsp3) is 0.524. The number of aromatic nitrogens is 1. The highest BCUT2D eigenvalue weighted by molar-refractivity contribution is 6.07. The Morgan fingerprint density at radius 1 is 1.23 bits per heavy atom. The molecule has 1 aromatic heterocycles. The molecule has 4 atom stereocenters. The van der Waals surface area contributed by atoms with Crippen LogP contribution >= 0.6 is 0 Å². The van der Waals surface area contributed by atoms with Crippen molar-refractivity contribution in [1.82, 2.24) is 10.3 Å². The number of amides is 1. The first-order valence-corrected chi connectivity index (χ1v) is 9.55. The van der Waals surface area contributed by atoms with E-state index in [4.69, 9.17) is 0 Å². The number of aliphatic hydroxyl groups excluding tert-OH is 1. The summed E-state index contributed by atoms with van der Waals surface area (Å²) in [7, 11) is 3.88. The van der Waals surface area contributed by atoms with Crippen LogP contribution in [0.5, 0.6) is 0 Å². The molecule has 138 valence electrons. The molecule has 4 rings (SSSR count). The Kier molecular flexibility index (Phi) is 4.57. The Morgan fingerprint density at radius 2 is 1.92 bits per heavy atom. The van der Waals surface area contributed by atoms with Gasteiger partial charge in [-0.1, -0.05) is 18.2 Å². The lowest BCUT2D eigenvalue weighted by molar-refractivity contribution is 0.0850. The number of carbonyl (C=O) groups is 1. The van der Waals surface area contributed by atoms with Gasteiger partial charge >= 0.3 is 0 Å². The Bertz CT molecular complexity index is 806. The number of carbonyl (C=O) groups excluding carboxylic acids is 1. The van der Waals surface area contributed by atoms with Crippen LogP contribution in [0, 0.1) is 17.8 Å². The van der Waals surface area contributed by atoms with E-state index in [1.165, 1.54) is 0 Å². The predicted octanol–water partition coefficient (Wildman–Crippen LogP) is 2.83. The van der Waals surface area contributed by atoms with E-state index in [0.29, 0.717) is 23.3 Å². The van der Waals surface area contributed by atoms with E-state index >= 15 is 0 Å². The lowest BCUT2D eigenvalue weighted by Gasteiger charge is -2.35. The number of hydrogen-bond donors (Lipinski definition) is 2. The second kappa shape index (κ2) is 6.88. The maximum absolute atomic E-state index is 13.2. The Hall–Kier alpha value is -2.14. The monoisotopic (exact) mass is 353 g/mol. The summed E-state index contributed by atoms with van der Waals surface area (Å²) < 4.78 is 0. The number of para-hydroxylation sites is 1. The second-order valence-corrected chi connectivity index (χ2v) is 8.06. The maximum Gasteiger partial charge on any atom is 0.252 e. The SMILES string of the molecule is CN(C)c1cc(C(=O)NC2[C@@H]3CC[C@H]2CC(CO)C3)c2ccccc2n1. The lowest BCUT2D eigenvalue weighted by Crippen LogP contribution is -2.45. The molecule has 2 fully saturated rings. The van der Waals surface area contributed by atoms with Gasteiger partial charge in [-0.3, -0.25) is 4.79 Å². The van der Waals surface area contributed by atoms with Gasteiger partial charge in [0.15, 0.2) is 0 Å². The highest BCUT2D eigenvalue weighted by atomic mass is 16.3. The standard InChI is InChI=1S/C21H27N3O2/c1-24(2)19-11-17(16-5-3-4-6-18(16)22-19)21(26)23-20-14-7-8-15(20)10-13(9-14)12-25/h3-6,11,13-15,20,25H,7-10,12H2,1-2H3,(H,23,26)/t13?,14-,15+,20?. The van der Waals surface area contributed by atoms with Crippen molar-refractivity contribution < 1.29 is 9.90 Å². The van der Waals surface area contributed by atoms with Crippen LogP contribution in [0.15, 0.2) is 30.3 Å². The van der Waals surface area contributed by atoms with Crippen LogP contribution in [0.25, 0.3) is 10.9 Å². The molecule has 0 saturated heterocycles. The molecule has 2 aliphatic rings. The van der Waals surface area contributed by atoms with E-state index in [0.717, 1.165) is 42.4 Å². The minimum Gasteiger partial charge on any atom is -0.396 e. The zero-order valence-corrected chi connectivity index (χ0v) is 15.5. The second-order valence-electron chi connectivity index (χ2n) is 8.06. The molecule has 1 aromatic carbocycles. The number of hydrogen-bond acceptors (Lipinski definition) is 4. The first kappa shape index (κ1) is 17.3. The molecule has 1 amide bonds. The van der Waals surface area contributed by atoms with Crippen molar-refractivity contribution in [2.45, 2.75) is 31.7 Å². The third-order valence-corrected chi connectivity index (χ3v) is 6.16. The van der Waals surface area contributed by atoms with Crippen molar-refractivity contribution in [2.24, 2.45) is 17.8 Å². The van der Waals surface area contributed by atoms with Crippen molar-refractivity contribution in [2.75, 3.05) is 25.6 Å². The van der Waals surface area contributed by atoms with E-state index in [9.17, 15) is 9.90 Å². The first-order valence-electron chi connectivity index (χ1n) is 9.55. The minimum absolute atomic E-state index is 0.00366. The quantitative estimate of drug-likeness (QED) is 0.887. The molecular weight excluding hydrogens is 326 g/mol. The number of nitrogens with zero attached hydrogens (tertiary/aromatic N) is 2. The number of fused-ring (bicyclic) bond motifs is 3. The summed E-state index contributed by atoms with van der Waals surface area (Å²) in [4.78, 5) is 19.7. The summed E-state index contributed by atoms with van der Waals surface area (Å²) in [6, 6.07) is 9.95. The highest BCUT2D eigenvalue weighted by Gasteiger charge is 2.43. The maximum atomic E-state index is 13.2. The van der Waals surface area contributed by atoms with Gasteiger partial charge in [0, 0.05) is 32.1 Å². The average molecular weight is 353 g/mol. The van der Waals surface area contributed by atoms with Gasteiger partial charge in [-0.25, -0.2) is 4.98 Å². The van der Waals surface area contributed by atoms with Crippen LogP contribution in [0.2, 0.25) is 0 Å². The molecular formula is C21H27N3O2. The third kappa shape index (κ3) is 3.05. The van der Waals surface area contributed by atoms with E-state index in [-0.39, 0.29) is 18.6 Å². The zero-order chi connectivity index (χ0) is 18.3. The normalized spacial score (nSPS) is 27.5. The van der Waals surface area contributed by atoms with Gasteiger partial charge in [-0.05, 0) is 55.6 Å². The molecule has 2 aliphatic carbocycles. The predicted molar refractivity (Wildman–Crippen MR) is 103 cm³/mol. The summed E-state index contributed by atoms with van der Waals surface area (Å²) in [6.07, 6.45) is 4.37. The van der Waals surface area contributed by atoms with E-state index < -0.39 is 0 Å². The van der Waals surface area contributed by atoms with Gasteiger partial charge in [-0.2, -0.15) is 0 Å². The summed E-state index contributed by atoms with van der Waals surface area (Å²) in [5, 5.41) is 13.7. The molecule has 0 aliphatic heterocycles. The molecule has 0 spiro atoms. The lowest BCUT2D eigenvalue weighted by atomic mass is 9.77. The molecule has 2 unspecified atom stereocenters. The molecule has 5 nitrogen and oxygen atoms in total. The van der Waals surface area contributed by atoms with Crippen molar-refractivity contribution >= 4 is 22.6 Å². The Labute approximate surface area is 154 Å². The molecule has 2 N–H and O–H groups in total. The topological polar surface area (TPSA) is 65.5 Å². The minimum atomic E-state index is -0.00366. The van der Waals surface area contributed by atoms with Crippen molar-refractivity contribution in [3.8, 4) is 0 Å². The summed E-state index contributed by atoms with van der Waals surface area (Å²) in [5.74, 6) is 2.19. The molecule has 2 saturated carbocycles. The molecule has 2 bridgehead atoms. The van der Waals surface area contributed by atoms with Gasteiger partial charge in [-0.15, -0.1) is 0 Å². The van der Waals surface area contributed by atoms with Crippen molar-refractivity contribution in [1.29, 1.82) is 0 Å². The van der Waals surface area contributed by atoms with Crippen LogP contribution in [0.4, 0.5) is 5.82 Å². The fourth-order valence-corrected chi connectivity index (χ4v) is 4.85. The van der Waals surface area contributed by atoms with E-state index in [1.807, 2.05) is 49.3 Å². The number of rotatable bonds is 4. The largest absolute Gasteiger partial charge is 0.396 e. The number of benzene rings is 1. The van der Waals surface area contributed by atoms with Crippen LogP contribution in [-0.4, -0.2) is 42.7 Å². The van der Waals surface area contributed by atoms with Gasteiger partial charge in [0.2, 0.25) is 0 Å². The molecule has 2 aromatic rings. The van der Waals surface area contributed by atoms with Gasteiger partial charge < -0.3 is 15.3 Å². The number of pyridine rings is 1. The average Bonchev–Trinajstić information content (AvgIpc) is 2.88. The molecule has 0 radical (unpaired) electrons. The molecule has 5 heteroatoms. The van der Waals surface area contributed by atoms with Gasteiger partial charge in [0.05, 0.1) is 11.1 Å². The highest BCUT2D eigenvalue weighted by Crippen LogP contribution is 2.45. The van der Waals surface area contributed by atoms with E-state index in [1.54, 1.807) is 0 Å². The summed E-state index contributed by atoms with van der Waals surface area (Å²) in [5.41, 5.74) is 1.54. The van der Waals surface area contributed by atoms with Crippen molar-refractivity contribution in [3.63, 3.8) is 0 Å². The summed E-state index contributed by atoms with van der Waals surface area (Å²) >= 11 is 0. The Balaban J connectivity index is 1.63. The van der Waals surface area contributed by atoms with Gasteiger partial charge in [0.1, 0.15) is 5.82 Å². The number of aliphatic hydroxyl groups is 1. The molecule has 26 heavy (non-hydrogen) atoms. The van der Waals surface area contributed by atoms with E-state index in [2.05, 4.69) is 10.3 Å². The fourth-order valence-electron chi connectivity index (χ4n) is 4.85. The van der Waals surface area contributed by atoms with Crippen LogP contribution < -0.4 is 10.2 Å². The first-order chi connectivity index (χ1) is 12.6. The zero-order valence-electron chi connectivity index (χ0n) is 15.5. The smallest absolute Gasteiger partial charge is 0.252 e. The van der Waals surface area contributed by atoms with Crippen LogP contribution in [0.1, 0.15) is 36.0 Å². The summed E-state index contributed by atoms with van der Waals surface area (Å²) in [6.45, 7) is 0.273. The van der Waals surface area contributed by atoms with Crippen molar-refractivity contribution in [3.05, 3.63) is 35.9 Å². The van der Waals surface area contributed by atoms with Crippen LogP contribution in [0.3, 0.4) is 0 Å². The molecule has 1 heterocycles. The number of anilines is 1. The number of nitrogens with one attached hydrogen (secondary N) is 1. The third-order valence-electron chi connectivity index (χ3n) is 6.16. The van der Waals surface area contributed by atoms with Crippen LogP contribution in [-0.2, 0) is 0 Å². The Morgan fingerprint density at radius 3 is 2.58 bits per heavy atom.